The standard InChI is InChI=1S/C22H10N8/c23-7-19(8-24)6-4-16-17(21(19,11-27)12-28)2-1-15-3-5-20(9-25,10-26)22(13-29,14-30)18(15)16/h1-4,17-18H,5-6H2. The quantitative estimate of drug-likeness (QED) is 0.567. The maximum Gasteiger partial charge on any atom is 0.186 e. The Hall–Kier alpha value is -4.86. The molecule has 0 heterocycles. The molecule has 3 aliphatic rings. The average Bonchev–Trinajstić information content (AvgIpc) is 2.81. The molecule has 0 bridgehead atoms. The molecule has 2 atom stereocenters. The second-order valence-corrected chi connectivity index (χ2v) is 7.41. The molecule has 30 heavy (non-hydrogen) atoms. The molecule has 138 valence electrons. The number of hydrogen-bond donors (Lipinski definition) is 0. The Kier molecular flexibility index (Phi) is 4.21. The second-order valence-electron chi connectivity index (χ2n) is 7.41. The van der Waals surface area contributed by atoms with Crippen molar-refractivity contribution in [1.29, 1.82) is 42.1 Å². The predicted molar refractivity (Wildman–Crippen MR) is 96.2 cm³/mol. The van der Waals surface area contributed by atoms with Crippen LogP contribution >= 0.6 is 0 Å². The minimum absolute atomic E-state index is 0.128. The van der Waals surface area contributed by atoms with Crippen LogP contribution in [0.25, 0.3) is 0 Å². The molecule has 0 amide bonds. The zero-order valence-corrected chi connectivity index (χ0v) is 15.5. The summed E-state index contributed by atoms with van der Waals surface area (Å²) in [6.45, 7) is 0. The van der Waals surface area contributed by atoms with E-state index >= 15 is 0 Å². The van der Waals surface area contributed by atoms with Crippen molar-refractivity contribution in [3.8, 4) is 48.6 Å². The van der Waals surface area contributed by atoms with Crippen molar-refractivity contribution < 1.29 is 0 Å². The van der Waals surface area contributed by atoms with Gasteiger partial charge in [-0.25, -0.2) is 0 Å². The lowest BCUT2D eigenvalue weighted by atomic mass is 9.45. The van der Waals surface area contributed by atoms with Gasteiger partial charge in [-0.3, -0.25) is 0 Å². The van der Waals surface area contributed by atoms with Gasteiger partial charge in [0.05, 0.1) is 48.6 Å². The van der Waals surface area contributed by atoms with Gasteiger partial charge in [0, 0.05) is 24.7 Å². The first-order chi connectivity index (χ1) is 14.4. The molecule has 0 aromatic rings. The molecule has 0 saturated carbocycles. The summed E-state index contributed by atoms with van der Waals surface area (Å²) < 4.78 is 0. The van der Waals surface area contributed by atoms with Crippen LogP contribution in [0.3, 0.4) is 0 Å². The summed E-state index contributed by atoms with van der Waals surface area (Å²) in [7, 11) is 0. The van der Waals surface area contributed by atoms with E-state index in [0.717, 1.165) is 0 Å². The summed E-state index contributed by atoms with van der Waals surface area (Å²) in [6.07, 6.45) is 5.78. The van der Waals surface area contributed by atoms with E-state index in [4.69, 9.17) is 0 Å². The summed E-state index contributed by atoms with van der Waals surface area (Å²) >= 11 is 0. The maximum atomic E-state index is 10.0. The summed E-state index contributed by atoms with van der Waals surface area (Å²) in [6, 6.07) is 14.8. The molecule has 8 nitrogen and oxygen atoms in total. The van der Waals surface area contributed by atoms with Gasteiger partial charge in [-0.05, 0) is 5.57 Å². The molecule has 0 aromatic heterocycles. The molecule has 3 rings (SSSR count). The van der Waals surface area contributed by atoms with Gasteiger partial charge >= 0.3 is 0 Å². The first kappa shape index (κ1) is 19.9. The smallest absolute Gasteiger partial charge is 0.186 e. The minimum Gasteiger partial charge on any atom is -0.196 e. The van der Waals surface area contributed by atoms with Crippen molar-refractivity contribution >= 4 is 0 Å². The largest absolute Gasteiger partial charge is 0.196 e. The fraction of sp³-hybridized carbons (Fsp3) is 0.364. The predicted octanol–water partition coefficient (Wildman–Crippen LogP) is 2.58. The van der Waals surface area contributed by atoms with Gasteiger partial charge in [0.25, 0.3) is 0 Å². The van der Waals surface area contributed by atoms with Gasteiger partial charge in [-0.1, -0.05) is 29.9 Å². The number of nitriles is 8. The number of fused-ring (bicyclic) bond motifs is 3. The Morgan fingerprint density at radius 1 is 0.633 bits per heavy atom. The van der Waals surface area contributed by atoms with E-state index in [1.54, 1.807) is 12.2 Å². The van der Waals surface area contributed by atoms with Gasteiger partial charge in [0.15, 0.2) is 21.7 Å². The molecule has 0 spiro atoms. The maximum absolute atomic E-state index is 10.0. The Morgan fingerprint density at radius 2 is 1.10 bits per heavy atom. The Bertz CT molecular complexity index is 1210. The topological polar surface area (TPSA) is 190 Å². The first-order valence-electron chi connectivity index (χ1n) is 8.79. The monoisotopic (exact) mass is 386 g/mol. The molecule has 0 N–H and O–H groups in total. The minimum atomic E-state index is -2.09. The number of allylic oxidation sites excluding steroid dienone is 6. The molecule has 0 fully saturated rings. The summed E-state index contributed by atoms with van der Waals surface area (Å²) in [5, 5.41) is 78.8. The Balaban J connectivity index is 2.41. The van der Waals surface area contributed by atoms with Crippen molar-refractivity contribution in [2.45, 2.75) is 12.8 Å². The van der Waals surface area contributed by atoms with Crippen molar-refractivity contribution in [2.24, 2.45) is 33.5 Å². The fourth-order valence-corrected chi connectivity index (χ4v) is 4.77. The zero-order valence-electron chi connectivity index (χ0n) is 15.5. The average molecular weight is 386 g/mol. The number of nitrogens with zero attached hydrogens (tertiary/aromatic N) is 8. The zero-order chi connectivity index (χ0) is 22.2. The van der Waals surface area contributed by atoms with Crippen LogP contribution in [-0.4, -0.2) is 0 Å². The van der Waals surface area contributed by atoms with E-state index in [1.807, 2.05) is 48.6 Å². The van der Waals surface area contributed by atoms with Crippen LogP contribution in [-0.2, 0) is 0 Å². The lowest BCUT2D eigenvalue weighted by Gasteiger charge is -2.50. The third kappa shape index (κ3) is 1.86. The summed E-state index contributed by atoms with van der Waals surface area (Å²) in [4.78, 5) is 0. The SMILES string of the molecule is N#CC1(C#N)CC=C2C(C=CC3=CCC(C#N)(C#N)C(C#N)(C#N)C32)C1(C#N)C#N. The van der Waals surface area contributed by atoms with E-state index in [0.29, 0.717) is 11.1 Å². The van der Waals surface area contributed by atoms with Crippen LogP contribution in [0.15, 0.2) is 35.5 Å². The van der Waals surface area contributed by atoms with Crippen LogP contribution < -0.4 is 0 Å². The highest BCUT2D eigenvalue weighted by Crippen LogP contribution is 2.63. The first-order valence-corrected chi connectivity index (χ1v) is 8.79. The van der Waals surface area contributed by atoms with Crippen LogP contribution in [0, 0.1) is 124 Å². The molecular weight excluding hydrogens is 376 g/mol. The Labute approximate surface area is 172 Å². The number of hydrogen-bond acceptors (Lipinski definition) is 8. The van der Waals surface area contributed by atoms with Gasteiger partial charge in [0.2, 0.25) is 0 Å². The van der Waals surface area contributed by atoms with Gasteiger partial charge in [-0.15, -0.1) is 0 Å². The third-order valence-corrected chi connectivity index (χ3v) is 6.51. The van der Waals surface area contributed by atoms with Gasteiger partial charge in [-0.2, -0.15) is 42.1 Å². The normalized spacial score (nSPS) is 27.5. The van der Waals surface area contributed by atoms with E-state index < -0.39 is 33.5 Å². The van der Waals surface area contributed by atoms with Gasteiger partial charge < -0.3 is 0 Å². The van der Waals surface area contributed by atoms with Crippen LogP contribution in [0.5, 0.6) is 0 Å². The molecule has 0 saturated heterocycles. The lowest BCUT2D eigenvalue weighted by molar-refractivity contribution is 0.172. The van der Waals surface area contributed by atoms with Gasteiger partial charge in [0.1, 0.15) is 0 Å². The van der Waals surface area contributed by atoms with Crippen LogP contribution in [0.2, 0.25) is 0 Å². The molecule has 0 aliphatic heterocycles. The van der Waals surface area contributed by atoms with E-state index in [2.05, 4.69) is 0 Å². The summed E-state index contributed by atoms with van der Waals surface area (Å²) in [5.74, 6) is -2.11. The summed E-state index contributed by atoms with van der Waals surface area (Å²) in [5.41, 5.74) is -7.24. The van der Waals surface area contributed by atoms with E-state index in [-0.39, 0.29) is 12.8 Å². The highest BCUT2D eigenvalue weighted by molar-refractivity contribution is 5.57. The Morgan fingerprint density at radius 3 is 1.57 bits per heavy atom. The van der Waals surface area contributed by atoms with Crippen molar-refractivity contribution in [2.75, 3.05) is 0 Å². The number of rotatable bonds is 0. The van der Waals surface area contributed by atoms with Crippen LogP contribution in [0.4, 0.5) is 0 Å². The molecule has 2 unspecified atom stereocenters. The van der Waals surface area contributed by atoms with Crippen LogP contribution in [0.1, 0.15) is 12.8 Å². The van der Waals surface area contributed by atoms with Crippen molar-refractivity contribution in [1.82, 2.24) is 0 Å². The highest BCUT2D eigenvalue weighted by Gasteiger charge is 2.68. The molecule has 0 radical (unpaired) electrons. The van der Waals surface area contributed by atoms with E-state index in [9.17, 15) is 42.1 Å². The van der Waals surface area contributed by atoms with Crippen molar-refractivity contribution in [3.63, 3.8) is 0 Å². The van der Waals surface area contributed by atoms with E-state index in [1.165, 1.54) is 12.2 Å². The lowest BCUT2D eigenvalue weighted by Crippen LogP contribution is -2.53. The molecule has 0 aromatic carbocycles. The third-order valence-electron chi connectivity index (χ3n) is 6.51. The fourth-order valence-electron chi connectivity index (χ4n) is 4.77. The molecule has 3 aliphatic carbocycles. The molecule has 8 heteroatoms. The molecular formula is C22H10N8. The highest BCUT2D eigenvalue weighted by atomic mass is 14.7. The van der Waals surface area contributed by atoms with Crippen molar-refractivity contribution in [3.05, 3.63) is 35.5 Å². The second kappa shape index (κ2) is 6.34.